The Morgan fingerprint density at radius 1 is 1.29 bits per heavy atom. The summed E-state index contributed by atoms with van der Waals surface area (Å²) in [5.74, 6) is 0.502. The van der Waals surface area contributed by atoms with Crippen molar-refractivity contribution in [3.63, 3.8) is 0 Å². The van der Waals surface area contributed by atoms with Gasteiger partial charge in [0.05, 0.1) is 5.56 Å². The fraction of sp³-hybridized carbons (Fsp3) is 0.333. The van der Waals surface area contributed by atoms with Crippen molar-refractivity contribution in [2.45, 2.75) is 47.1 Å². The van der Waals surface area contributed by atoms with Crippen LogP contribution >= 0.6 is 0 Å². The predicted molar refractivity (Wildman–Crippen MR) is 140 cm³/mol. The summed E-state index contributed by atoms with van der Waals surface area (Å²) in [5, 5.41) is 6.09. The van der Waals surface area contributed by atoms with Gasteiger partial charge in [0.1, 0.15) is 5.82 Å². The number of hydrogen-bond acceptors (Lipinski definition) is 4. The highest BCUT2D eigenvalue weighted by Crippen LogP contribution is 2.27. The molecule has 0 bridgehead atoms. The van der Waals surface area contributed by atoms with Crippen LogP contribution in [0.25, 0.3) is 17.3 Å². The van der Waals surface area contributed by atoms with Gasteiger partial charge in [0.2, 0.25) is 5.91 Å². The molecule has 1 amide bonds. The molecule has 1 unspecified atom stereocenters. The van der Waals surface area contributed by atoms with Gasteiger partial charge in [-0.05, 0) is 49.8 Å². The topological polar surface area (TPSA) is 94.1 Å². The Morgan fingerprint density at radius 3 is 2.71 bits per heavy atom. The monoisotopic (exact) mass is 461 g/mol. The molecule has 7 heteroatoms. The Morgan fingerprint density at radius 2 is 2.03 bits per heavy atom. The molecule has 1 aromatic carbocycles. The maximum absolute atomic E-state index is 13.3. The number of anilines is 1. The van der Waals surface area contributed by atoms with E-state index in [-0.39, 0.29) is 17.4 Å². The van der Waals surface area contributed by atoms with Crippen LogP contribution in [0.1, 0.15) is 39.2 Å². The summed E-state index contributed by atoms with van der Waals surface area (Å²) in [6.45, 7) is 8.56. The first-order valence-electron chi connectivity index (χ1n) is 11.7. The molecule has 4 N–H and O–H groups in total. The molecule has 1 heterocycles. The number of nitrogens with one attached hydrogen (secondary N) is 2. The molecule has 0 saturated heterocycles. The minimum absolute atomic E-state index is 0.108. The summed E-state index contributed by atoms with van der Waals surface area (Å²) in [6.07, 6.45) is 11.2. The molecular weight excluding hydrogens is 426 g/mol. The van der Waals surface area contributed by atoms with Crippen LogP contribution < -0.4 is 21.9 Å². The average Bonchev–Trinajstić information content (AvgIpc) is 3.01. The van der Waals surface area contributed by atoms with Crippen LogP contribution in [0.4, 0.5) is 5.82 Å². The molecule has 2 aromatic rings. The van der Waals surface area contributed by atoms with E-state index in [0.29, 0.717) is 29.9 Å². The fourth-order valence-corrected chi connectivity index (χ4v) is 4.13. The number of carbonyl (C=O) groups is 1. The number of allylic oxidation sites excluding steroid dienone is 5. The van der Waals surface area contributed by atoms with Gasteiger partial charge in [-0.1, -0.05) is 56.3 Å². The van der Waals surface area contributed by atoms with Gasteiger partial charge in [-0.15, -0.1) is 0 Å². The van der Waals surface area contributed by atoms with Gasteiger partial charge in [0.15, 0.2) is 0 Å². The number of hydrogen-bond donors (Lipinski definition) is 3. The summed E-state index contributed by atoms with van der Waals surface area (Å²) in [6, 6.07) is 7.77. The molecule has 0 spiro atoms. The van der Waals surface area contributed by atoms with Gasteiger partial charge < -0.3 is 16.4 Å². The Bertz CT molecular complexity index is 1240. The molecule has 1 aliphatic rings. The van der Waals surface area contributed by atoms with Crippen molar-refractivity contribution in [1.29, 1.82) is 0 Å². The Labute approximate surface area is 201 Å². The molecule has 7 nitrogen and oxygen atoms in total. The first kappa shape index (κ1) is 24.9. The maximum Gasteiger partial charge on any atom is 0.277 e. The second-order valence-electron chi connectivity index (χ2n) is 8.65. The molecule has 0 aliphatic heterocycles. The maximum atomic E-state index is 13.3. The number of aryl methyl sites for hydroxylation is 1. The standard InChI is InChI=1S/C27H35N5O2/c1-6-14-31-27(34)24(23-13-8-7-11-19(23)3)25(28)32(31)17-20(4)30-22-15-18(2)10-9-12-21(16-22)26(33)29-5/h7-11,13,15-18,30H,6,12,14,28H2,1-5H3,(H,29,33)/b10-9-,20-17+,21-16+,22-15?. The molecule has 1 atom stereocenters. The molecule has 1 aliphatic carbocycles. The minimum atomic E-state index is -0.108. The van der Waals surface area contributed by atoms with Gasteiger partial charge in [-0.3, -0.25) is 9.59 Å². The normalized spacial score (nSPS) is 18.9. The lowest BCUT2D eigenvalue weighted by molar-refractivity contribution is -0.117. The summed E-state index contributed by atoms with van der Waals surface area (Å²) in [5.41, 5.74) is 11.1. The van der Waals surface area contributed by atoms with E-state index in [1.807, 2.05) is 63.4 Å². The molecule has 0 radical (unpaired) electrons. The smallest absolute Gasteiger partial charge is 0.277 e. The second-order valence-corrected chi connectivity index (χ2v) is 8.65. The summed E-state index contributed by atoms with van der Waals surface area (Å²) in [4.78, 5) is 25.6. The number of benzene rings is 1. The van der Waals surface area contributed by atoms with Gasteiger partial charge in [-0.2, -0.15) is 0 Å². The third kappa shape index (κ3) is 5.42. The van der Waals surface area contributed by atoms with Crippen molar-refractivity contribution in [1.82, 2.24) is 20.0 Å². The molecule has 0 fully saturated rings. The van der Waals surface area contributed by atoms with Gasteiger partial charge in [-0.25, -0.2) is 9.36 Å². The van der Waals surface area contributed by atoms with Crippen molar-refractivity contribution >= 4 is 17.9 Å². The lowest BCUT2D eigenvalue weighted by Crippen LogP contribution is -2.23. The zero-order valence-electron chi connectivity index (χ0n) is 20.7. The number of likely N-dealkylation sites (N-methyl/N-ethyl adjacent to an activating group) is 1. The van der Waals surface area contributed by atoms with E-state index in [1.165, 1.54) is 0 Å². The van der Waals surface area contributed by atoms with Gasteiger partial charge in [0, 0.05) is 36.8 Å². The van der Waals surface area contributed by atoms with Crippen molar-refractivity contribution < 1.29 is 4.79 Å². The molecule has 180 valence electrons. The van der Waals surface area contributed by atoms with Crippen LogP contribution in [0, 0.1) is 12.8 Å². The summed E-state index contributed by atoms with van der Waals surface area (Å²) >= 11 is 0. The van der Waals surface area contributed by atoms with Gasteiger partial charge in [0.25, 0.3) is 5.56 Å². The highest BCUT2D eigenvalue weighted by atomic mass is 16.1. The van der Waals surface area contributed by atoms with E-state index in [1.54, 1.807) is 16.4 Å². The predicted octanol–water partition coefficient (Wildman–Crippen LogP) is 4.18. The number of aromatic nitrogens is 2. The van der Waals surface area contributed by atoms with E-state index in [0.717, 1.165) is 28.9 Å². The Hall–Kier alpha value is -3.74. The van der Waals surface area contributed by atoms with Crippen molar-refractivity contribution in [3.05, 3.63) is 81.5 Å². The summed E-state index contributed by atoms with van der Waals surface area (Å²) < 4.78 is 3.40. The van der Waals surface area contributed by atoms with Crippen LogP contribution in [0.3, 0.4) is 0 Å². The lowest BCUT2D eigenvalue weighted by Gasteiger charge is -2.15. The Kier molecular flexibility index (Phi) is 7.99. The number of nitrogens with zero attached hydrogens (tertiary/aromatic N) is 2. The van der Waals surface area contributed by atoms with Crippen LogP contribution in [0.2, 0.25) is 0 Å². The minimum Gasteiger partial charge on any atom is -0.383 e. The van der Waals surface area contributed by atoms with Crippen LogP contribution in [-0.2, 0) is 11.3 Å². The largest absolute Gasteiger partial charge is 0.383 e. The number of nitrogens with two attached hydrogens (primary N) is 1. The van der Waals surface area contributed by atoms with E-state index < -0.39 is 0 Å². The van der Waals surface area contributed by atoms with Crippen LogP contribution in [-0.4, -0.2) is 22.3 Å². The fourth-order valence-electron chi connectivity index (χ4n) is 4.13. The average molecular weight is 462 g/mol. The summed E-state index contributed by atoms with van der Waals surface area (Å²) in [7, 11) is 1.63. The first-order valence-corrected chi connectivity index (χ1v) is 11.7. The zero-order valence-corrected chi connectivity index (χ0v) is 20.7. The molecule has 1 aromatic heterocycles. The second kappa shape index (κ2) is 10.9. The molecular formula is C27H35N5O2. The first-order chi connectivity index (χ1) is 16.3. The SMILES string of the molecule is CCCn1c(=O)c(-c2ccccc2C)c(N)n1/C=C(\C)NC1=CC(C)/C=C\C/C(C(=O)NC)=C\1. The highest BCUT2D eigenvalue weighted by molar-refractivity contribution is 5.94. The molecule has 3 rings (SSSR count). The van der Waals surface area contributed by atoms with Crippen molar-refractivity contribution in [2.75, 3.05) is 12.8 Å². The number of carbonyl (C=O) groups excluding carboxylic acids is 1. The van der Waals surface area contributed by atoms with E-state index in [2.05, 4.69) is 29.7 Å². The van der Waals surface area contributed by atoms with Crippen molar-refractivity contribution in [2.24, 2.45) is 5.92 Å². The highest BCUT2D eigenvalue weighted by Gasteiger charge is 2.19. The van der Waals surface area contributed by atoms with E-state index in [4.69, 9.17) is 5.73 Å². The van der Waals surface area contributed by atoms with Crippen LogP contribution in [0.5, 0.6) is 0 Å². The number of nitrogen functional groups attached to an aromatic ring is 1. The quantitative estimate of drug-likeness (QED) is 0.539. The van der Waals surface area contributed by atoms with E-state index in [9.17, 15) is 9.59 Å². The third-order valence-corrected chi connectivity index (χ3v) is 5.79. The van der Waals surface area contributed by atoms with Crippen LogP contribution in [0.15, 0.2) is 70.3 Å². The van der Waals surface area contributed by atoms with Crippen molar-refractivity contribution in [3.8, 4) is 11.1 Å². The number of amides is 1. The number of rotatable bonds is 7. The third-order valence-electron chi connectivity index (χ3n) is 5.79. The Balaban J connectivity index is 2.05. The van der Waals surface area contributed by atoms with Gasteiger partial charge >= 0.3 is 0 Å². The molecule has 0 saturated carbocycles. The zero-order chi connectivity index (χ0) is 24.8. The molecule has 34 heavy (non-hydrogen) atoms. The lowest BCUT2D eigenvalue weighted by atomic mass is 10.0. The van der Waals surface area contributed by atoms with E-state index >= 15 is 0 Å².